The predicted octanol–water partition coefficient (Wildman–Crippen LogP) is 8.07. The Hall–Kier alpha value is -1.69. The molecule has 5 heteroatoms. The number of nitrogens with one attached hydrogen (secondary N) is 1. The second kappa shape index (κ2) is 11.7. The zero-order chi connectivity index (χ0) is 32.5. The molecule has 7 rings (SSSR count). The standard InChI is InChI=1S/C41H63N3O2/c1-37(2)31(29-9-11-30(12-10-29)36(45)46)15-18-38(3)34(37)16-19-40(5)35(38)14-13-32-33-8-7-17-41(33,21-20-39(32,40)4)28-42-22-23-44-26-24-43(6)25-27-44/h9-12,15,32-35,42H,7-8,13-14,16-28H2,1-6H3,(H,45,46)/t32?,33?,34?,35?,38?,39-,40?,41?/m1/s1. The van der Waals surface area contributed by atoms with E-state index in [1.54, 1.807) is 12.1 Å². The van der Waals surface area contributed by atoms with E-state index in [9.17, 15) is 9.90 Å². The topological polar surface area (TPSA) is 55.8 Å². The molecule has 5 aliphatic carbocycles. The molecule has 8 atom stereocenters. The van der Waals surface area contributed by atoms with Crippen molar-refractivity contribution in [3.8, 4) is 0 Å². The van der Waals surface area contributed by atoms with Gasteiger partial charge in [0.15, 0.2) is 0 Å². The zero-order valence-electron chi connectivity index (χ0n) is 30.0. The minimum Gasteiger partial charge on any atom is -0.478 e. The Morgan fingerprint density at radius 2 is 1.59 bits per heavy atom. The number of carboxylic acid groups (broad SMARTS) is 1. The van der Waals surface area contributed by atoms with Gasteiger partial charge in [0.05, 0.1) is 5.56 Å². The van der Waals surface area contributed by atoms with Crippen LogP contribution in [0.1, 0.15) is 115 Å². The van der Waals surface area contributed by atoms with Crippen LogP contribution in [0.5, 0.6) is 0 Å². The summed E-state index contributed by atoms with van der Waals surface area (Å²) >= 11 is 0. The van der Waals surface area contributed by atoms with Crippen molar-refractivity contribution in [3.05, 3.63) is 41.5 Å². The minimum atomic E-state index is -0.846. The van der Waals surface area contributed by atoms with Crippen LogP contribution in [0.2, 0.25) is 0 Å². The lowest BCUT2D eigenvalue weighted by molar-refractivity contribution is -0.222. The molecule has 1 aromatic carbocycles. The monoisotopic (exact) mass is 629 g/mol. The molecule has 1 aromatic rings. The third-order valence-electron chi connectivity index (χ3n) is 16.2. The summed E-state index contributed by atoms with van der Waals surface area (Å²) in [4.78, 5) is 16.6. The largest absolute Gasteiger partial charge is 0.478 e. The molecule has 1 saturated heterocycles. The molecule has 0 bridgehead atoms. The molecular formula is C41H63N3O2. The van der Waals surface area contributed by atoms with Gasteiger partial charge in [0.1, 0.15) is 0 Å². The smallest absolute Gasteiger partial charge is 0.335 e. The van der Waals surface area contributed by atoms with E-state index in [1.807, 2.05) is 0 Å². The number of rotatable bonds is 7. The number of carbonyl (C=O) groups is 1. The normalized spacial score (nSPS) is 42.3. The van der Waals surface area contributed by atoms with Crippen LogP contribution in [-0.4, -0.2) is 73.7 Å². The van der Waals surface area contributed by atoms with Gasteiger partial charge in [0, 0.05) is 45.8 Å². The van der Waals surface area contributed by atoms with Gasteiger partial charge in [-0.2, -0.15) is 0 Å². The van der Waals surface area contributed by atoms with Gasteiger partial charge in [-0.05, 0) is 139 Å². The van der Waals surface area contributed by atoms with E-state index >= 15 is 0 Å². The molecule has 4 saturated carbocycles. The van der Waals surface area contributed by atoms with E-state index in [-0.39, 0.29) is 5.41 Å². The van der Waals surface area contributed by atoms with Crippen molar-refractivity contribution in [1.82, 2.24) is 15.1 Å². The fourth-order valence-corrected chi connectivity index (χ4v) is 13.5. The van der Waals surface area contributed by atoms with Crippen LogP contribution < -0.4 is 5.32 Å². The van der Waals surface area contributed by atoms with Gasteiger partial charge in [0.25, 0.3) is 0 Å². The highest BCUT2D eigenvalue weighted by molar-refractivity contribution is 5.88. The van der Waals surface area contributed by atoms with Crippen molar-refractivity contribution in [2.45, 2.75) is 98.8 Å². The summed E-state index contributed by atoms with van der Waals surface area (Å²) in [6.07, 6.45) is 16.4. The molecule has 7 unspecified atom stereocenters. The number of allylic oxidation sites excluding steroid dienone is 2. The average molecular weight is 630 g/mol. The molecule has 1 aliphatic heterocycles. The lowest BCUT2D eigenvalue weighted by Gasteiger charge is -2.72. The van der Waals surface area contributed by atoms with Gasteiger partial charge in [-0.15, -0.1) is 0 Å². The first-order chi connectivity index (χ1) is 21.8. The number of likely N-dealkylation sites (N-methyl/N-ethyl adjacent to an activating group) is 1. The quantitative estimate of drug-likeness (QED) is 0.299. The number of nitrogens with zero attached hydrogens (tertiary/aromatic N) is 2. The molecular weight excluding hydrogens is 566 g/mol. The van der Waals surface area contributed by atoms with Crippen LogP contribution in [0.4, 0.5) is 0 Å². The molecule has 0 spiro atoms. The molecule has 0 amide bonds. The average Bonchev–Trinajstić information content (AvgIpc) is 3.45. The molecule has 5 nitrogen and oxygen atoms in total. The fourth-order valence-electron chi connectivity index (χ4n) is 13.5. The number of benzene rings is 1. The van der Waals surface area contributed by atoms with Crippen LogP contribution in [0.3, 0.4) is 0 Å². The van der Waals surface area contributed by atoms with Crippen molar-refractivity contribution in [2.24, 2.45) is 50.7 Å². The van der Waals surface area contributed by atoms with E-state index < -0.39 is 5.97 Å². The van der Waals surface area contributed by atoms with Crippen molar-refractivity contribution in [3.63, 3.8) is 0 Å². The summed E-state index contributed by atoms with van der Waals surface area (Å²) in [6.45, 7) is 21.7. The summed E-state index contributed by atoms with van der Waals surface area (Å²) < 4.78 is 0. The molecule has 46 heavy (non-hydrogen) atoms. The summed E-state index contributed by atoms with van der Waals surface area (Å²) in [5.74, 6) is 2.34. The Labute approximate surface area is 280 Å². The highest BCUT2D eigenvalue weighted by Crippen LogP contribution is 2.77. The third-order valence-corrected chi connectivity index (χ3v) is 16.2. The molecule has 2 N–H and O–H groups in total. The highest BCUT2D eigenvalue weighted by Gasteiger charge is 2.69. The Kier molecular flexibility index (Phi) is 8.37. The lowest BCUT2D eigenvalue weighted by Crippen LogP contribution is -2.65. The Bertz CT molecular complexity index is 1330. The summed E-state index contributed by atoms with van der Waals surface area (Å²) in [5, 5.41) is 13.5. The lowest BCUT2D eigenvalue weighted by atomic mass is 9.32. The molecule has 0 radical (unpaired) electrons. The summed E-state index contributed by atoms with van der Waals surface area (Å²) in [5.41, 5.74) is 4.76. The Balaban J connectivity index is 1.08. The maximum absolute atomic E-state index is 11.5. The number of piperazine rings is 1. The van der Waals surface area contributed by atoms with Crippen LogP contribution in [0.15, 0.2) is 30.3 Å². The Morgan fingerprint density at radius 3 is 2.30 bits per heavy atom. The van der Waals surface area contributed by atoms with Crippen LogP contribution in [0, 0.1) is 50.7 Å². The highest BCUT2D eigenvalue weighted by atomic mass is 16.4. The predicted molar refractivity (Wildman–Crippen MR) is 189 cm³/mol. The van der Waals surface area contributed by atoms with Crippen molar-refractivity contribution in [2.75, 3.05) is 52.9 Å². The second-order valence-electron chi connectivity index (χ2n) is 18.3. The van der Waals surface area contributed by atoms with Gasteiger partial charge in [-0.1, -0.05) is 59.2 Å². The van der Waals surface area contributed by atoms with Crippen molar-refractivity contribution >= 4 is 11.5 Å². The van der Waals surface area contributed by atoms with Gasteiger partial charge >= 0.3 is 5.97 Å². The first-order valence-corrected chi connectivity index (χ1v) is 19.0. The summed E-state index contributed by atoms with van der Waals surface area (Å²) in [6, 6.07) is 7.68. The van der Waals surface area contributed by atoms with Gasteiger partial charge in [0.2, 0.25) is 0 Å². The number of carboxylic acids is 1. The van der Waals surface area contributed by atoms with Crippen LogP contribution >= 0.6 is 0 Å². The van der Waals surface area contributed by atoms with Crippen molar-refractivity contribution in [1.29, 1.82) is 0 Å². The number of fused-ring (bicyclic) bond motifs is 7. The third kappa shape index (κ3) is 4.99. The molecule has 0 aromatic heterocycles. The number of aromatic carboxylic acids is 1. The Morgan fingerprint density at radius 1 is 0.848 bits per heavy atom. The molecule has 5 fully saturated rings. The maximum atomic E-state index is 11.5. The second-order valence-corrected chi connectivity index (χ2v) is 18.3. The molecule has 254 valence electrons. The van der Waals surface area contributed by atoms with Crippen LogP contribution in [-0.2, 0) is 0 Å². The summed E-state index contributed by atoms with van der Waals surface area (Å²) in [7, 11) is 2.25. The van der Waals surface area contributed by atoms with E-state index in [0.29, 0.717) is 33.1 Å². The first-order valence-electron chi connectivity index (χ1n) is 19.0. The van der Waals surface area contributed by atoms with Gasteiger partial charge < -0.3 is 15.3 Å². The van der Waals surface area contributed by atoms with Gasteiger partial charge in [-0.3, -0.25) is 4.90 Å². The van der Waals surface area contributed by atoms with Gasteiger partial charge in [-0.25, -0.2) is 4.79 Å². The van der Waals surface area contributed by atoms with E-state index in [4.69, 9.17) is 0 Å². The number of hydrogen-bond donors (Lipinski definition) is 2. The zero-order valence-corrected chi connectivity index (χ0v) is 30.0. The van der Waals surface area contributed by atoms with E-state index in [2.05, 4.69) is 75.0 Å². The fraction of sp³-hybridized carbons (Fsp3) is 0.780. The van der Waals surface area contributed by atoms with Crippen molar-refractivity contribution < 1.29 is 9.90 Å². The van der Waals surface area contributed by atoms with E-state index in [1.165, 1.54) is 108 Å². The number of hydrogen-bond acceptors (Lipinski definition) is 4. The first kappa shape index (κ1) is 32.8. The van der Waals surface area contributed by atoms with Crippen LogP contribution in [0.25, 0.3) is 5.57 Å². The SMILES string of the molecule is CN1CCN(CCNCC23CCCC2C2CCC4C5(C)CC=C(c6ccc(C(=O)O)cc6)C(C)(C)C5CCC4(C)[C@]2(C)CC3)CC1. The maximum Gasteiger partial charge on any atom is 0.335 e. The van der Waals surface area contributed by atoms with E-state index in [0.717, 1.165) is 30.7 Å². The molecule has 1 heterocycles. The molecule has 6 aliphatic rings. The minimum absolute atomic E-state index is 0.0692.